The van der Waals surface area contributed by atoms with Crippen LogP contribution >= 0.6 is 0 Å². The molecule has 2 rings (SSSR count). The van der Waals surface area contributed by atoms with Gasteiger partial charge in [-0.05, 0) is 32.9 Å². The van der Waals surface area contributed by atoms with E-state index < -0.39 is 6.10 Å². The Morgan fingerprint density at radius 1 is 1.29 bits per heavy atom. The van der Waals surface area contributed by atoms with Crippen LogP contribution in [0.5, 0.6) is 0 Å². The zero-order valence-electron chi connectivity index (χ0n) is 13.2. The van der Waals surface area contributed by atoms with Crippen LogP contribution < -0.4 is 5.32 Å². The molecule has 0 bridgehead atoms. The average Bonchev–Trinajstić information content (AvgIpc) is 2.87. The van der Waals surface area contributed by atoms with Gasteiger partial charge in [0.1, 0.15) is 6.10 Å². The lowest BCUT2D eigenvalue weighted by Crippen LogP contribution is -2.41. The van der Waals surface area contributed by atoms with Crippen molar-refractivity contribution in [3.05, 3.63) is 0 Å². The number of nitrogens with one attached hydrogen (secondary N) is 1. The molecular weight excluding hydrogens is 274 g/mol. The number of aliphatic hydroxyl groups is 1. The number of rotatable bonds is 8. The lowest BCUT2D eigenvalue weighted by molar-refractivity contribution is -0.0709. The van der Waals surface area contributed by atoms with E-state index >= 15 is 0 Å². The highest BCUT2D eigenvalue weighted by molar-refractivity contribution is 4.93. The molecule has 0 aromatic rings. The first kappa shape index (κ1) is 17.1. The van der Waals surface area contributed by atoms with Gasteiger partial charge in [0.15, 0.2) is 0 Å². The maximum Gasteiger partial charge on any atom is 0.101 e. The summed E-state index contributed by atoms with van der Waals surface area (Å²) in [5.41, 5.74) is 0.00431. The van der Waals surface area contributed by atoms with E-state index in [0.29, 0.717) is 19.8 Å². The molecule has 2 N–H and O–H groups in total. The van der Waals surface area contributed by atoms with Crippen LogP contribution in [-0.2, 0) is 18.9 Å². The highest BCUT2D eigenvalue weighted by Gasteiger charge is 2.41. The van der Waals surface area contributed by atoms with Crippen molar-refractivity contribution in [2.24, 2.45) is 0 Å². The molecule has 6 heteroatoms. The van der Waals surface area contributed by atoms with E-state index in [9.17, 15) is 5.11 Å². The fraction of sp³-hybridized carbons (Fsp3) is 1.00. The lowest BCUT2D eigenvalue weighted by Gasteiger charge is -2.32. The summed E-state index contributed by atoms with van der Waals surface area (Å²) in [4.78, 5) is 0. The molecular formula is C15H29NO5. The van der Waals surface area contributed by atoms with E-state index in [1.807, 2.05) is 6.92 Å². The quantitative estimate of drug-likeness (QED) is 0.673. The Balaban J connectivity index is 1.60. The van der Waals surface area contributed by atoms with Crippen molar-refractivity contribution in [2.45, 2.75) is 50.1 Å². The number of methoxy groups -OCH3 is 1. The van der Waals surface area contributed by atoms with E-state index in [0.717, 1.165) is 32.4 Å². The van der Waals surface area contributed by atoms with E-state index in [-0.39, 0.29) is 24.4 Å². The lowest BCUT2D eigenvalue weighted by atomic mass is 9.89. The molecule has 2 aliphatic heterocycles. The van der Waals surface area contributed by atoms with Gasteiger partial charge < -0.3 is 29.4 Å². The van der Waals surface area contributed by atoms with Crippen LogP contribution in [0.4, 0.5) is 0 Å². The van der Waals surface area contributed by atoms with Crippen LogP contribution in [0.1, 0.15) is 26.2 Å². The van der Waals surface area contributed by atoms with Gasteiger partial charge in [-0.3, -0.25) is 0 Å². The molecule has 3 unspecified atom stereocenters. The molecule has 2 saturated heterocycles. The Labute approximate surface area is 127 Å². The van der Waals surface area contributed by atoms with Gasteiger partial charge in [0.2, 0.25) is 0 Å². The number of aliphatic hydroxyl groups excluding tert-OH is 1. The molecule has 0 amide bonds. The van der Waals surface area contributed by atoms with E-state index in [4.69, 9.17) is 18.9 Å². The van der Waals surface area contributed by atoms with Gasteiger partial charge in [-0.25, -0.2) is 0 Å². The second-order valence-electron chi connectivity index (χ2n) is 6.16. The van der Waals surface area contributed by atoms with Crippen molar-refractivity contribution in [1.82, 2.24) is 5.32 Å². The van der Waals surface area contributed by atoms with Crippen LogP contribution in [0.3, 0.4) is 0 Å². The van der Waals surface area contributed by atoms with Gasteiger partial charge in [0.05, 0.1) is 44.2 Å². The van der Waals surface area contributed by atoms with Crippen molar-refractivity contribution < 1.29 is 24.1 Å². The first-order valence-electron chi connectivity index (χ1n) is 7.88. The number of piperidine rings is 1. The Morgan fingerprint density at radius 3 is 2.76 bits per heavy atom. The van der Waals surface area contributed by atoms with Crippen LogP contribution in [0.25, 0.3) is 0 Å². The van der Waals surface area contributed by atoms with Gasteiger partial charge in [-0.1, -0.05) is 0 Å². The van der Waals surface area contributed by atoms with Gasteiger partial charge in [0.25, 0.3) is 0 Å². The highest BCUT2D eigenvalue weighted by atomic mass is 16.6. The molecule has 21 heavy (non-hydrogen) atoms. The van der Waals surface area contributed by atoms with Crippen LogP contribution in [0.15, 0.2) is 0 Å². The van der Waals surface area contributed by atoms with Gasteiger partial charge in [-0.15, -0.1) is 0 Å². The Hall–Kier alpha value is -0.240. The normalized spacial score (nSPS) is 27.9. The number of ether oxygens (including phenoxy) is 4. The number of hydrogen-bond acceptors (Lipinski definition) is 6. The zero-order chi connectivity index (χ0) is 15.1. The molecule has 3 atom stereocenters. The summed E-state index contributed by atoms with van der Waals surface area (Å²) < 4.78 is 22.2. The van der Waals surface area contributed by atoms with Gasteiger partial charge in [-0.2, -0.15) is 0 Å². The molecule has 2 aliphatic rings. The smallest absolute Gasteiger partial charge is 0.101 e. The second-order valence-corrected chi connectivity index (χ2v) is 6.16. The SMILES string of the molecule is COCC(C)OCC(O)COC1COC2(CCNCC2)C1. The molecule has 0 aliphatic carbocycles. The third-order valence-electron chi connectivity index (χ3n) is 4.19. The first-order valence-corrected chi connectivity index (χ1v) is 7.88. The topological polar surface area (TPSA) is 69.2 Å². The van der Waals surface area contributed by atoms with Crippen molar-refractivity contribution in [3.63, 3.8) is 0 Å². The third kappa shape index (κ3) is 5.47. The van der Waals surface area contributed by atoms with Crippen molar-refractivity contribution >= 4 is 0 Å². The summed E-state index contributed by atoms with van der Waals surface area (Å²) in [6.07, 6.45) is 2.50. The van der Waals surface area contributed by atoms with E-state index in [1.54, 1.807) is 7.11 Å². The standard InChI is InChI=1S/C15H29NO5/c1-12(8-18-2)19-9-13(17)10-20-14-7-15(21-11-14)3-5-16-6-4-15/h12-14,16-17H,3-11H2,1-2H3. The molecule has 0 aromatic carbocycles. The van der Waals surface area contributed by atoms with Crippen LogP contribution in [-0.4, -0.2) is 75.6 Å². The fourth-order valence-electron chi connectivity index (χ4n) is 2.99. The summed E-state index contributed by atoms with van der Waals surface area (Å²) in [5.74, 6) is 0. The Bertz CT molecular complexity index is 296. The van der Waals surface area contributed by atoms with Crippen molar-refractivity contribution in [2.75, 3.05) is 46.6 Å². The minimum atomic E-state index is -0.603. The van der Waals surface area contributed by atoms with Gasteiger partial charge in [0, 0.05) is 13.5 Å². The molecule has 0 radical (unpaired) electrons. The molecule has 2 heterocycles. The highest BCUT2D eigenvalue weighted by Crippen LogP contribution is 2.35. The van der Waals surface area contributed by atoms with Gasteiger partial charge >= 0.3 is 0 Å². The maximum atomic E-state index is 9.89. The first-order chi connectivity index (χ1) is 10.1. The molecule has 0 aromatic heterocycles. The summed E-state index contributed by atoms with van der Waals surface area (Å²) in [6.45, 7) is 5.67. The summed E-state index contributed by atoms with van der Waals surface area (Å²) in [6, 6.07) is 0. The molecule has 124 valence electrons. The molecule has 6 nitrogen and oxygen atoms in total. The van der Waals surface area contributed by atoms with E-state index in [2.05, 4.69) is 5.32 Å². The zero-order valence-corrected chi connectivity index (χ0v) is 13.2. The summed E-state index contributed by atoms with van der Waals surface area (Å²) in [7, 11) is 1.64. The Kier molecular flexibility index (Phi) is 6.85. The predicted octanol–water partition coefficient (Wildman–Crippen LogP) is 0.327. The van der Waals surface area contributed by atoms with Crippen molar-refractivity contribution in [1.29, 1.82) is 0 Å². The number of hydrogen-bond donors (Lipinski definition) is 2. The molecule has 1 spiro atoms. The fourth-order valence-corrected chi connectivity index (χ4v) is 2.99. The monoisotopic (exact) mass is 303 g/mol. The minimum Gasteiger partial charge on any atom is -0.388 e. The Morgan fingerprint density at radius 2 is 2.05 bits per heavy atom. The average molecular weight is 303 g/mol. The summed E-state index contributed by atoms with van der Waals surface area (Å²) in [5, 5.41) is 13.2. The second kappa shape index (κ2) is 8.41. The predicted molar refractivity (Wildman–Crippen MR) is 78.4 cm³/mol. The van der Waals surface area contributed by atoms with Crippen LogP contribution in [0.2, 0.25) is 0 Å². The minimum absolute atomic E-state index is 0.00431. The largest absolute Gasteiger partial charge is 0.388 e. The summed E-state index contributed by atoms with van der Waals surface area (Å²) >= 11 is 0. The molecule has 2 fully saturated rings. The third-order valence-corrected chi connectivity index (χ3v) is 4.19. The maximum absolute atomic E-state index is 9.89. The van der Waals surface area contributed by atoms with E-state index in [1.165, 1.54) is 0 Å². The van der Waals surface area contributed by atoms with Crippen molar-refractivity contribution in [3.8, 4) is 0 Å². The van der Waals surface area contributed by atoms with Crippen LogP contribution in [0, 0.1) is 0 Å². The molecule has 0 saturated carbocycles.